The van der Waals surface area contributed by atoms with Crippen molar-refractivity contribution in [2.24, 2.45) is 17.6 Å². The number of amides is 14. The average Bonchev–Trinajstić information content (AvgIpc) is 1.53. The van der Waals surface area contributed by atoms with Crippen LogP contribution in [0.4, 0.5) is 0 Å². The second-order valence-electron chi connectivity index (χ2n) is 33.3. The zero-order chi connectivity index (χ0) is 95.2. The number of phenols is 2. The van der Waals surface area contributed by atoms with Gasteiger partial charge in [0.25, 0.3) is 0 Å². The SMILES string of the molecule is CCCC[C@H]1C(=O)N(C)CC(=O)N[C@@H](CC(=O)O)C(=O)N[C@@H](C(C)C)C(=O)N(C)[C@@H](Cc2ccccc2)C(=O)N[C@@H](Cc2ccc(O)c(I)c2)C(=O)N(C)CC(=O)N[C@@H](Cc2c[nH]c3ccccc23)C(=O)N[C@@H](Cc2ccc(O)cc2)C(O)N[C@@H](CC(C)C)C(=O)N[C@H](C(=O)NCC(N)=O)CSCC(=O)N[C@@H](Cc2ccccc2)C(=O)N(C)[C@@H](Cc2ccccc2)C(=O)N1C. The predicted octanol–water partition coefficient (Wildman–Crippen LogP) is 2.72. The van der Waals surface area contributed by atoms with Gasteiger partial charge in [-0.3, -0.25) is 77.2 Å². The maximum atomic E-state index is 15.5. The quantitative estimate of drug-likeness (QED) is 0.0409. The Morgan fingerprint density at radius 3 is 1.62 bits per heavy atom. The number of likely N-dealkylation sites (N-methyl/N-ethyl adjacent to an activating group) is 5. The van der Waals surface area contributed by atoms with Crippen LogP contribution in [-0.4, -0.2) is 278 Å². The molecule has 130 heavy (non-hydrogen) atoms. The molecule has 1 saturated heterocycles. The normalized spacial score (nSPS) is 22.5. The highest BCUT2D eigenvalue weighted by Gasteiger charge is 2.42. The topological polar surface area (TPSA) is 503 Å². The van der Waals surface area contributed by atoms with Crippen LogP contribution in [-0.2, 0) is 110 Å². The number of para-hydroxylation sites is 1. The van der Waals surface area contributed by atoms with Gasteiger partial charge in [0.05, 0.1) is 47.5 Å². The number of benzene rings is 6. The first kappa shape index (κ1) is 103. The minimum Gasteiger partial charge on any atom is -0.508 e. The number of carboxylic acid groups (broad SMARTS) is 1. The number of unbranched alkanes of at least 4 members (excludes halogenated alkanes) is 1. The molecule has 35 nitrogen and oxygen atoms in total. The number of primary amides is 1. The highest BCUT2D eigenvalue weighted by atomic mass is 127. The van der Waals surface area contributed by atoms with E-state index in [0.29, 0.717) is 60.7 Å². The van der Waals surface area contributed by atoms with Crippen molar-refractivity contribution in [3.05, 3.63) is 201 Å². The van der Waals surface area contributed by atoms with Crippen LogP contribution in [0.15, 0.2) is 164 Å². The zero-order valence-corrected chi connectivity index (χ0v) is 77.5. The third-order valence-electron chi connectivity index (χ3n) is 22.3. The van der Waals surface area contributed by atoms with E-state index in [-0.39, 0.29) is 74.5 Å². The van der Waals surface area contributed by atoms with E-state index in [4.69, 9.17) is 5.73 Å². The number of carbonyl (C=O) groups is 15. The van der Waals surface area contributed by atoms with Gasteiger partial charge >= 0.3 is 5.97 Å². The lowest BCUT2D eigenvalue weighted by atomic mass is 9.98. The first-order valence-corrected chi connectivity index (χ1v) is 45.1. The molecule has 0 aliphatic carbocycles. The molecule has 14 amide bonds. The van der Waals surface area contributed by atoms with Crippen LogP contribution >= 0.6 is 34.4 Å². The minimum absolute atomic E-state index is 0.0314. The fourth-order valence-electron chi connectivity index (χ4n) is 15.1. The Morgan fingerprint density at radius 1 is 0.523 bits per heavy atom. The van der Waals surface area contributed by atoms with E-state index in [2.05, 4.69) is 52.8 Å². The van der Waals surface area contributed by atoms with Crippen molar-refractivity contribution in [1.82, 2.24) is 77.3 Å². The number of rotatable bonds is 23. The summed E-state index contributed by atoms with van der Waals surface area (Å²) in [5.41, 5.74) is 9.25. The number of thioether (sulfide) groups is 1. The number of fused-ring (bicyclic) bond motifs is 1. The Kier molecular flexibility index (Phi) is 39.5. The number of hydrogen-bond donors (Lipinski definition) is 15. The highest BCUT2D eigenvalue weighted by molar-refractivity contribution is 14.1. The smallest absolute Gasteiger partial charge is 0.305 e. The second kappa shape index (κ2) is 49.9. The molecule has 8 rings (SSSR count). The standard InChI is InChI=1S/C93H119IN16O19S/c1-11-12-32-73-91(127)107(7)51-79(115)99-69(47-81(117)118)87(123)105-82(55(4)5)93(129)109(9)74(44-57-26-18-14-19-27-57)88(124)103-70(43-60-35-38-76(112)64(94)40-60)89(125)106(6)50-78(114)98-68(46-61-48-96-65-31-23-22-30-63(61)65)86(122)102-67(41-59-33-36-62(111)37-34-59)85(121)101-66(39-54(2)3)84(120)104-72(83(119)97-49-77(95)113)52-130-53-80(116)100-71(42-56-24-16-13-17-25-56)90(126)110(10)75(92(128)108(73)8)45-58-28-20-15-21-29-58/h13-31,33-38,40,48,54-55,66-75,82,85,96,101,111-112,121H,11-12,32,39,41-47,49-53H2,1-10H3,(H2,95,113)(H,97,119)(H,98,114)(H,99,115)(H,100,116)(H,102,122)(H,103,124)(H,104,120)(H,105,123)(H,117,118)/t66-,67-,68-,69-,70-,71-,72-,73-,74-,75-,82-,85?/m0/s1. The largest absolute Gasteiger partial charge is 0.508 e. The molecule has 0 radical (unpaired) electrons. The molecule has 1 aliphatic heterocycles. The number of H-pyrrole nitrogens is 1. The Balaban J connectivity index is 1.22. The summed E-state index contributed by atoms with van der Waals surface area (Å²) in [5, 5.41) is 69.0. The van der Waals surface area contributed by atoms with Crippen molar-refractivity contribution in [1.29, 1.82) is 0 Å². The van der Waals surface area contributed by atoms with Crippen LogP contribution in [0.5, 0.6) is 11.5 Å². The summed E-state index contributed by atoms with van der Waals surface area (Å²) in [5.74, 6) is -16.1. The molecule has 1 aromatic heterocycles. The number of carbonyl (C=O) groups excluding carboxylic acids is 14. The van der Waals surface area contributed by atoms with Crippen molar-refractivity contribution in [2.75, 3.05) is 66.4 Å². The number of halogens is 1. The second-order valence-corrected chi connectivity index (χ2v) is 35.5. The molecule has 6 aromatic carbocycles. The van der Waals surface area contributed by atoms with Crippen LogP contribution in [0.3, 0.4) is 0 Å². The number of aromatic amines is 1. The van der Waals surface area contributed by atoms with Crippen molar-refractivity contribution < 1.29 is 92.3 Å². The maximum Gasteiger partial charge on any atom is 0.305 e. The summed E-state index contributed by atoms with van der Waals surface area (Å²) in [4.78, 5) is 229. The van der Waals surface area contributed by atoms with Gasteiger partial charge in [0.1, 0.15) is 72.1 Å². The summed E-state index contributed by atoms with van der Waals surface area (Å²) >= 11 is 2.73. The van der Waals surface area contributed by atoms with Gasteiger partial charge in [-0.15, -0.1) is 11.8 Å². The van der Waals surface area contributed by atoms with Gasteiger partial charge in [-0.05, 0) is 117 Å². The van der Waals surface area contributed by atoms with Gasteiger partial charge in [-0.1, -0.05) is 175 Å². The molecule has 1 aliphatic rings. The highest BCUT2D eigenvalue weighted by Crippen LogP contribution is 2.26. The summed E-state index contributed by atoms with van der Waals surface area (Å²) < 4.78 is 0.366. The van der Waals surface area contributed by atoms with E-state index in [0.717, 1.165) is 26.5 Å². The number of nitrogens with zero attached hydrogens (tertiary/aromatic N) is 5. The number of aromatic nitrogens is 1. The molecule has 0 spiro atoms. The number of nitrogens with one attached hydrogen (secondary N) is 10. The molecule has 1 fully saturated rings. The zero-order valence-electron chi connectivity index (χ0n) is 74.5. The third kappa shape index (κ3) is 30.9. The molecule has 698 valence electrons. The van der Waals surface area contributed by atoms with Gasteiger partial charge in [0.15, 0.2) is 0 Å². The number of hydrogen-bond acceptors (Lipinski definition) is 20. The fourth-order valence-corrected chi connectivity index (χ4v) is 16.6. The molecule has 0 bridgehead atoms. The Bertz CT molecular complexity index is 5090. The molecule has 1 unspecified atom stereocenters. The molecule has 7 aromatic rings. The van der Waals surface area contributed by atoms with E-state index in [1.54, 1.807) is 155 Å². The number of aromatic hydroxyl groups is 2. The Labute approximate surface area is 773 Å². The van der Waals surface area contributed by atoms with Crippen molar-refractivity contribution in [3.8, 4) is 11.5 Å². The number of aliphatic carboxylic acids is 1. The van der Waals surface area contributed by atoms with E-state index in [1.165, 1.54) is 81.4 Å². The lowest BCUT2D eigenvalue weighted by Gasteiger charge is -2.37. The van der Waals surface area contributed by atoms with E-state index in [9.17, 15) is 54.0 Å². The van der Waals surface area contributed by atoms with Crippen LogP contribution in [0.1, 0.15) is 100 Å². The number of aliphatic hydroxyl groups excluding tert-OH is 1. The molecule has 16 N–H and O–H groups in total. The molecular formula is C93H119IN16O19S. The first-order chi connectivity index (χ1) is 61.8. The summed E-state index contributed by atoms with van der Waals surface area (Å²) in [6.07, 6.45) is -1.54. The predicted molar refractivity (Wildman–Crippen MR) is 496 cm³/mol. The van der Waals surface area contributed by atoms with Crippen LogP contribution in [0.2, 0.25) is 0 Å². The molecule has 37 heteroatoms. The monoisotopic (exact) mass is 1920 g/mol. The van der Waals surface area contributed by atoms with Crippen LogP contribution in [0.25, 0.3) is 10.9 Å². The lowest BCUT2D eigenvalue weighted by Crippen LogP contribution is -2.61. The third-order valence-corrected chi connectivity index (χ3v) is 24.2. The van der Waals surface area contributed by atoms with Gasteiger partial charge in [0.2, 0.25) is 82.7 Å². The van der Waals surface area contributed by atoms with Gasteiger partial charge in [-0.2, -0.15) is 0 Å². The van der Waals surface area contributed by atoms with E-state index in [1.807, 2.05) is 29.5 Å². The molecule has 0 saturated carbocycles. The van der Waals surface area contributed by atoms with E-state index < -0.39 is 199 Å². The number of phenolic OH excluding ortho intramolecular Hbond substituents is 2. The summed E-state index contributed by atoms with van der Waals surface area (Å²) in [6, 6.07) is 26.7. The van der Waals surface area contributed by atoms with Crippen molar-refractivity contribution in [2.45, 2.75) is 178 Å². The summed E-state index contributed by atoms with van der Waals surface area (Å²) in [6.45, 7) is 6.28. The molecule has 12 atom stereocenters. The average molecular weight is 1920 g/mol. The lowest BCUT2D eigenvalue weighted by molar-refractivity contribution is -0.151. The fraction of sp³-hybridized carbons (Fsp3) is 0.430. The van der Waals surface area contributed by atoms with Crippen molar-refractivity contribution >= 4 is 134 Å². The Hall–Kier alpha value is -12.5. The van der Waals surface area contributed by atoms with Gasteiger partial charge < -0.3 is 98.2 Å². The minimum atomic E-state index is -1.91. The number of aliphatic hydroxyl groups is 1. The molecular weight excluding hydrogens is 1800 g/mol. The first-order valence-electron chi connectivity index (χ1n) is 42.9. The van der Waals surface area contributed by atoms with Gasteiger partial charge in [-0.25, -0.2) is 0 Å². The van der Waals surface area contributed by atoms with Gasteiger partial charge in [0, 0.05) is 90.2 Å². The van der Waals surface area contributed by atoms with Crippen LogP contribution < -0.4 is 53.6 Å². The Morgan fingerprint density at radius 2 is 1.04 bits per heavy atom. The molecule has 2 heterocycles. The summed E-state index contributed by atoms with van der Waals surface area (Å²) in [7, 11) is 6.57. The van der Waals surface area contributed by atoms with E-state index >= 15 is 38.4 Å². The maximum absolute atomic E-state index is 15.5. The van der Waals surface area contributed by atoms with Crippen LogP contribution in [0, 0.1) is 15.4 Å². The number of nitrogens with two attached hydrogens (primary N) is 1. The van der Waals surface area contributed by atoms with Crippen molar-refractivity contribution in [3.63, 3.8) is 0 Å². The number of carboxylic acids is 1.